The van der Waals surface area contributed by atoms with Gasteiger partial charge in [-0.15, -0.1) is 24.0 Å². The fourth-order valence-corrected chi connectivity index (χ4v) is 3.78. The Hall–Kier alpha value is -2.19. The molecular weight excluding hydrogens is 473 g/mol. The first-order chi connectivity index (χ1) is 13.8. The summed E-state index contributed by atoms with van der Waals surface area (Å²) >= 11 is 0. The molecule has 3 aromatic rings. The number of pyridine rings is 1. The summed E-state index contributed by atoms with van der Waals surface area (Å²) < 4.78 is 0. The molecule has 2 aromatic carbocycles. The summed E-state index contributed by atoms with van der Waals surface area (Å²) in [4.78, 5) is 13.9. The van der Waals surface area contributed by atoms with Gasteiger partial charge in [0.2, 0.25) is 0 Å². The lowest BCUT2D eigenvalue weighted by atomic mass is 10.1. The van der Waals surface area contributed by atoms with Crippen LogP contribution in [-0.2, 0) is 13.1 Å². The predicted octanol–water partition coefficient (Wildman–Crippen LogP) is 3.75. The predicted molar refractivity (Wildman–Crippen MR) is 131 cm³/mol. The van der Waals surface area contributed by atoms with Gasteiger partial charge in [-0.3, -0.25) is 14.9 Å². The number of piperazine rings is 1. The van der Waals surface area contributed by atoms with Gasteiger partial charge in [0.25, 0.3) is 0 Å². The van der Waals surface area contributed by atoms with Crippen molar-refractivity contribution in [3.8, 4) is 0 Å². The molecule has 1 saturated heterocycles. The van der Waals surface area contributed by atoms with Gasteiger partial charge in [0.1, 0.15) is 0 Å². The number of guanidine groups is 1. The van der Waals surface area contributed by atoms with E-state index in [9.17, 15) is 0 Å². The van der Waals surface area contributed by atoms with Crippen LogP contribution in [0.15, 0.2) is 71.9 Å². The second-order valence-corrected chi connectivity index (χ2v) is 7.14. The van der Waals surface area contributed by atoms with Crippen molar-refractivity contribution in [1.29, 1.82) is 0 Å². The van der Waals surface area contributed by atoms with E-state index in [1.54, 1.807) is 0 Å². The summed E-state index contributed by atoms with van der Waals surface area (Å²) in [6, 6.07) is 21.1. The Morgan fingerprint density at radius 2 is 1.72 bits per heavy atom. The molecule has 1 aliphatic rings. The average Bonchev–Trinajstić information content (AvgIpc) is 2.76. The van der Waals surface area contributed by atoms with E-state index in [4.69, 9.17) is 0 Å². The first-order valence-electron chi connectivity index (χ1n) is 9.88. The minimum absolute atomic E-state index is 0. The highest BCUT2D eigenvalue weighted by Crippen LogP contribution is 2.16. The molecule has 29 heavy (non-hydrogen) atoms. The van der Waals surface area contributed by atoms with Crippen LogP contribution in [0.25, 0.3) is 10.9 Å². The average molecular weight is 501 g/mol. The highest BCUT2D eigenvalue weighted by atomic mass is 127. The van der Waals surface area contributed by atoms with Crippen LogP contribution in [0.5, 0.6) is 0 Å². The molecule has 0 bridgehead atoms. The first kappa shape index (κ1) is 21.5. The number of aromatic nitrogens is 1. The number of fused-ring (bicyclic) bond motifs is 1. The largest absolute Gasteiger partial charge is 0.352 e. The summed E-state index contributed by atoms with van der Waals surface area (Å²) in [6.45, 7) is 5.81. The van der Waals surface area contributed by atoms with Crippen molar-refractivity contribution in [3.63, 3.8) is 0 Å². The lowest BCUT2D eigenvalue weighted by Gasteiger charge is -2.36. The number of hydrogen-bond acceptors (Lipinski definition) is 3. The molecule has 0 atom stereocenters. The van der Waals surface area contributed by atoms with Crippen LogP contribution in [0, 0.1) is 0 Å². The number of para-hydroxylation sites is 1. The lowest BCUT2D eigenvalue weighted by Crippen LogP contribution is -2.52. The topological polar surface area (TPSA) is 43.8 Å². The van der Waals surface area contributed by atoms with Crippen molar-refractivity contribution >= 4 is 40.8 Å². The number of rotatable bonds is 4. The Balaban J connectivity index is 0.00000240. The molecule has 2 heterocycles. The summed E-state index contributed by atoms with van der Waals surface area (Å²) in [6.07, 6.45) is 1.85. The van der Waals surface area contributed by atoms with E-state index in [0.29, 0.717) is 0 Å². The van der Waals surface area contributed by atoms with E-state index in [2.05, 4.69) is 79.7 Å². The molecular formula is C23H28IN5. The molecule has 0 radical (unpaired) electrons. The maximum atomic E-state index is 4.55. The number of hydrogen-bond donors (Lipinski definition) is 1. The lowest BCUT2D eigenvalue weighted by molar-refractivity contribution is 0.172. The fraction of sp³-hybridized carbons (Fsp3) is 0.304. The molecule has 5 nitrogen and oxygen atoms in total. The molecule has 0 saturated carbocycles. The molecule has 6 heteroatoms. The number of nitrogens with one attached hydrogen (secondary N) is 1. The smallest absolute Gasteiger partial charge is 0.194 e. The van der Waals surface area contributed by atoms with E-state index >= 15 is 0 Å². The summed E-state index contributed by atoms with van der Waals surface area (Å²) in [5.74, 6) is 0.965. The highest BCUT2D eigenvalue weighted by Gasteiger charge is 2.19. The van der Waals surface area contributed by atoms with Crippen molar-refractivity contribution < 1.29 is 0 Å². The van der Waals surface area contributed by atoms with Crippen LogP contribution in [0.3, 0.4) is 0 Å². The van der Waals surface area contributed by atoms with Crippen molar-refractivity contribution in [3.05, 3.63) is 78.0 Å². The Morgan fingerprint density at radius 1 is 0.966 bits per heavy atom. The monoisotopic (exact) mass is 501 g/mol. The van der Waals surface area contributed by atoms with Gasteiger partial charge in [-0.2, -0.15) is 0 Å². The van der Waals surface area contributed by atoms with Gasteiger partial charge in [0.05, 0.1) is 5.52 Å². The van der Waals surface area contributed by atoms with Crippen LogP contribution in [0.4, 0.5) is 0 Å². The van der Waals surface area contributed by atoms with Gasteiger partial charge < -0.3 is 10.2 Å². The van der Waals surface area contributed by atoms with Gasteiger partial charge in [0.15, 0.2) is 5.96 Å². The van der Waals surface area contributed by atoms with Gasteiger partial charge in [-0.05, 0) is 17.2 Å². The van der Waals surface area contributed by atoms with E-state index in [1.807, 2.05) is 19.3 Å². The zero-order chi connectivity index (χ0) is 19.2. The van der Waals surface area contributed by atoms with Crippen molar-refractivity contribution in [2.45, 2.75) is 13.1 Å². The summed E-state index contributed by atoms with van der Waals surface area (Å²) in [7, 11) is 1.86. The van der Waals surface area contributed by atoms with Crippen LogP contribution >= 0.6 is 24.0 Å². The van der Waals surface area contributed by atoms with E-state index < -0.39 is 0 Å². The van der Waals surface area contributed by atoms with Crippen LogP contribution < -0.4 is 5.32 Å². The van der Waals surface area contributed by atoms with E-state index in [0.717, 1.165) is 50.7 Å². The molecule has 0 aliphatic carbocycles. The maximum absolute atomic E-state index is 4.55. The molecule has 0 amide bonds. The quantitative estimate of drug-likeness (QED) is 0.336. The molecule has 1 aromatic heterocycles. The first-order valence-corrected chi connectivity index (χ1v) is 9.88. The van der Waals surface area contributed by atoms with Crippen molar-refractivity contribution in [1.82, 2.24) is 20.1 Å². The fourth-order valence-electron chi connectivity index (χ4n) is 3.78. The summed E-state index contributed by atoms with van der Waals surface area (Å²) in [5, 5.41) is 4.70. The zero-order valence-electron chi connectivity index (χ0n) is 16.8. The molecule has 1 N–H and O–H groups in total. The second kappa shape index (κ2) is 10.5. The Morgan fingerprint density at radius 3 is 2.48 bits per heavy atom. The SMILES string of the molecule is CN=C(NCc1cccc2cccnc12)N1CCN(Cc2ccccc2)CC1.I. The minimum atomic E-state index is 0. The van der Waals surface area contributed by atoms with E-state index in [-0.39, 0.29) is 24.0 Å². The van der Waals surface area contributed by atoms with Gasteiger partial charge in [0, 0.05) is 57.9 Å². The number of nitrogens with zero attached hydrogens (tertiary/aromatic N) is 4. The standard InChI is InChI=1S/C23H27N5.HI/c1-24-23(26-17-21-10-5-9-20-11-6-12-25-22(20)21)28-15-13-27(14-16-28)18-19-7-3-2-4-8-19;/h2-12H,13-18H2,1H3,(H,24,26);1H. The summed E-state index contributed by atoms with van der Waals surface area (Å²) in [5.41, 5.74) is 3.63. The van der Waals surface area contributed by atoms with Crippen molar-refractivity contribution in [2.75, 3.05) is 33.2 Å². The maximum Gasteiger partial charge on any atom is 0.194 e. The Kier molecular flexibility index (Phi) is 7.83. The van der Waals surface area contributed by atoms with Crippen LogP contribution in [-0.4, -0.2) is 54.0 Å². The number of aliphatic imine (C=N–C) groups is 1. The van der Waals surface area contributed by atoms with Crippen molar-refractivity contribution in [2.24, 2.45) is 4.99 Å². The third-order valence-electron chi connectivity index (χ3n) is 5.29. The molecule has 1 aliphatic heterocycles. The number of halogens is 1. The Labute approximate surface area is 189 Å². The molecule has 4 rings (SSSR count). The normalized spacial score (nSPS) is 15.2. The third kappa shape index (κ3) is 5.45. The van der Waals surface area contributed by atoms with Gasteiger partial charge in [-0.1, -0.05) is 54.6 Å². The Bertz CT molecular complexity index is 931. The minimum Gasteiger partial charge on any atom is -0.352 e. The van der Waals surface area contributed by atoms with E-state index in [1.165, 1.54) is 16.5 Å². The van der Waals surface area contributed by atoms with Crippen LogP contribution in [0.1, 0.15) is 11.1 Å². The zero-order valence-corrected chi connectivity index (χ0v) is 19.1. The van der Waals surface area contributed by atoms with Gasteiger partial charge >= 0.3 is 0 Å². The molecule has 1 fully saturated rings. The van der Waals surface area contributed by atoms with Gasteiger partial charge in [-0.25, -0.2) is 0 Å². The molecule has 0 spiro atoms. The number of benzene rings is 2. The second-order valence-electron chi connectivity index (χ2n) is 7.14. The highest BCUT2D eigenvalue weighted by molar-refractivity contribution is 14.0. The molecule has 0 unspecified atom stereocenters. The van der Waals surface area contributed by atoms with Crippen LogP contribution in [0.2, 0.25) is 0 Å². The third-order valence-corrected chi connectivity index (χ3v) is 5.29. The molecule has 152 valence electrons.